The summed E-state index contributed by atoms with van der Waals surface area (Å²) in [6.45, 7) is 3.44. The molecule has 0 spiro atoms. The molecule has 4 aromatic rings. The summed E-state index contributed by atoms with van der Waals surface area (Å²) in [5.41, 5.74) is 1.80. The second kappa shape index (κ2) is 7.79. The van der Waals surface area contributed by atoms with Crippen LogP contribution < -0.4 is 5.32 Å². The quantitative estimate of drug-likeness (QED) is 0.442. The lowest BCUT2D eigenvalue weighted by Gasteiger charge is -2.04. The number of halogens is 2. The topological polar surface area (TPSA) is 73.5 Å². The smallest absolute Gasteiger partial charge is 0.211 e. The minimum Gasteiger partial charge on any atom is -0.313 e. The Morgan fingerprint density at radius 3 is 2.78 bits per heavy atom. The summed E-state index contributed by atoms with van der Waals surface area (Å²) >= 11 is 11.2. The summed E-state index contributed by atoms with van der Waals surface area (Å²) in [5.74, 6) is 0.697. The van der Waals surface area contributed by atoms with Crippen molar-refractivity contribution >= 4 is 49.8 Å². The van der Waals surface area contributed by atoms with Crippen molar-refractivity contribution in [2.45, 2.75) is 20.0 Å². The molecule has 3 aromatic heterocycles. The Balaban J connectivity index is 1.47. The Kier molecular flexibility index (Phi) is 5.24. The minimum absolute atomic E-state index is 0.601. The van der Waals surface area contributed by atoms with E-state index >= 15 is 0 Å². The van der Waals surface area contributed by atoms with Crippen LogP contribution in [0, 0.1) is 0 Å². The molecule has 27 heavy (non-hydrogen) atoms. The molecule has 0 saturated heterocycles. The summed E-state index contributed by atoms with van der Waals surface area (Å²) in [6, 6.07) is 9.63. The van der Waals surface area contributed by atoms with Crippen LogP contribution in [0.4, 0.5) is 10.9 Å². The zero-order chi connectivity index (χ0) is 18.8. The number of rotatable bonds is 6. The molecule has 0 atom stereocenters. The van der Waals surface area contributed by atoms with Crippen LogP contribution in [-0.4, -0.2) is 29.8 Å². The van der Waals surface area contributed by atoms with Crippen LogP contribution in [0.25, 0.3) is 10.7 Å². The average molecular weight is 465 g/mol. The first kappa shape index (κ1) is 18.1. The van der Waals surface area contributed by atoms with E-state index in [1.165, 1.54) is 11.3 Å². The minimum atomic E-state index is 0.601. The van der Waals surface area contributed by atoms with Gasteiger partial charge in [0.2, 0.25) is 5.13 Å². The first-order valence-corrected chi connectivity index (χ1v) is 10.2. The number of nitrogens with one attached hydrogen (secondary N) is 1. The van der Waals surface area contributed by atoms with Crippen LogP contribution in [0.3, 0.4) is 0 Å². The Bertz CT molecular complexity index is 1070. The summed E-state index contributed by atoms with van der Waals surface area (Å²) < 4.78 is 4.58. The number of benzene rings is 1. The Hall–Kier alpha value is -2.23. The molecular weight excluding hydrogens is 450 g/mol. The molecule has 4 rings (SSSR count). The summed E-state index contributed by atoms with van der Waals surface area (Å²) in [4.78, 5) is 0. The van der Waals surface area contributed by atoms with Gasteiger partial charge in [0, 0.05) is 30.0 Å². The highest BCUT2D eigenvalue weighted by Gasteiger charge is 2.15. The summed E-state index contributed by atoms with van der Waals surface area (Å²) in [7, 11) is 0. The molecule has 0 aliphatic rings. The van der Waals surface area contributed by atoms with Crippen molar-refractivity contribution in [3.63, 3.8) is 0 Å². The van der Waals surface area contributed by atoms with Gasteiger partial charge in [-0.25, -0.2) is 0 Å². The van der Waals surface area contributed by atoms with Crippen LogP contribution in [0.2, 0.25) is 5.02 Å². The third-order valence-electron chi connectivity index (χ3n) is 3.83. The van der Waals surface area contributed by atoms with Gasteiger partial charge in [-0.1, -0.05) is 41.1 Å². The predicted octanol–water partition coefficient (Wildman–Crippen LogP) is 4.83. The number of nitrogens with zero attached hydrogens (tertiary/aromatic N) is 6. The molecule has 0 aliphatic carbocycles. The lowest BCUT2D eigenvalue weighted by molar-refractivity contribution is 0.661. The van der Waals surface area contributed by atoms with Gasteiger partial charge in [0.05, 0.1) is 11.0 Å². The average Bonchev–Trinajstić information content (AvgIpc) is 3.38. The second-order valence-electron chi connectivity index (χ2n) is 5.71. The maximum Gasteiger partial charge on any atom is 0.211 e. The van der Waals surface area contributed by atoms with E-state index in [1.54, 1.807) is 0 Å². The van der Waals surface area contributed by atoms with Gasteiger partial charge in [0.15, 0.2) is 10.8 Å². The Morgan fingerprint density at radius 1 is 1.15 bits per heavy atom. The lowest BCUT2D eigenvalue weighted by Crippen LogP contribution is -2.01. The van der Waals surface area contributed by atoms with Gasteiger partial charge in [0.1, 0.15) is 5.69 Å². The van der Waals surface area contributed by atoms with Crippen LogP contribution in [0.1, 0.15) is 12.5 Å². The number of hydrogen-bond acceptors (Lipinski definition) is 6. The Morgan fingerprint density at radius 2 is 2.00 bits per heavy atom. The van der Waals surface area contributed by atoms with Crippen molar-refractivity contribution < 1.29 is 0 Å². The number of aryl methyl sites for hydroxylation is 1. The zero-order valence-electron chi connectivity index (χ0n) is 14.3. The molecular formula is C17H15BrClN7S. The SMILES string of the molecule is CCn1cc(Br)c(-c2nnc(Nc3ccn(Cc4ccccc4Cl)n3)s2)n1. The zero-order valence-corrected chi connectivity index (χ0v) is 17.5. The first-order chi connectivity index (χ1) is 13.1. The molecule has 0 amide bonds. The lowest BCUT2D eigenvalue weighted by atomic mass is 10.2. The van der Waals surface area contributed by atoms with Crippen LogP contribution in [-0.2, 0) is 13.1 Å². The van der Waals surface area contributed by atoms with E-state index in [0.29, 0.717) is 17.5 Å². The van der Waals surface area contributed by atoms with Gasteiger partial charge >= 0.3 is 0 Å². The van der Waals surface area contributed by atoms with Crippen LogP contribution in [0.5, 0.6) is 0 Å². The van der Waals surface area contributed by atoms with E-state index in [4.69, 9.17) is 11.6 Å². The molecule has 10 heteroatoms. The maximum atomic E-state index is 6.21. The van der Waals surface area contributed by atoms with Crippen LogP contribution >= 0.6 is 38.9 Å². The molecule has 0 aliphatic heterocycles. The van der Waals surface area contributed by atoms with E-state index in [-0.39, 0.29) is 0 Å². The molecule has 1 aromatic carbocycles. The normalized spacial score (nSPS) is 11.1. The number of anilines is 2. The molecule has 7 nitrogen and oxygen atoms in total. The highest BCUT2D eigenvalue weighted by Crippen LogP contribution is 2.31. The molecule has 0 unspecified atom stereocenters. The first-order valence-electron chi connectivity index (χ1n) is 8.23. The van der Waals surface area contributed by atoms with E-state index in [1.807, 2.05) is 59.0 Å². The molecule has 0 fully saturated rings. The monoisotopic (exact) mass is 463 g/mol. The summed E-state index contributed by atoms with van der Waals surface area (Å²) in [5, 5.41) is 22.7. The van der Waals surface area contributed by atoms with Gasteiger partial charge in [-0.2, -0.15) is 10.2 Å². The third kappa shape index (κ3) is 4.05. The maximum absolute atomic E-state index is 6.21. The predicted molar refractivity (Wildman–Crippen MR) is 111 cm³/mol. The van der Waals surface area contributed by atoms with Crippen molar-refractivity contribution in [3.8, 4) is 10.7 Å². The standard InChI is InChI=1S/C17H15BrClN7S/c1-2-25-10-12(18)15(24-25)16-21-22-17(27-16)20-14-7-8-26(23-14)9-11-5-3-4-6-13(11)19/h3-8,10H,2,9H2,1H3,(H,20,22,23). The fourth-order valence-electron chi connectivity index (χ4n) is 2.50. The van der Waals surface area contributed by atoms with Crippen molar-refractivity contribution in [1.29, 1.82) is 0 Å². The highest BCUT2D eigenvalue weighted by atomic mass is 79.9. The molecule has 0 saturated carbocycles. The molecule has 0 radical (unpaired) electrons. The Labute approximate surface area is 173 Å². The highest BCUT2D eigenvalue weighted by molar-refractivity contribution is 9.10. The molecule has 3 heterocycles. The van der Waals surface area contributed by atoms with Gasteiger partial charge in [0.25, 0.3) is 0 Å². The second-order valence-corrected chi connectivity index (χ2v) is 7.95. The largest absolute Gasteiger partial charge is 0.313 e. The number of hydrogen-bond donors (Lipinski definition) is 1. The van der Waals surface area contributed by atoms with E-state index in [2.05, 4.69) is 41.6 Å². The van der Waals surface area contributed by atoms with E-state index < -0.39 is 0 Å². The van der Waals surface area contributed by atoms with E-state index in [0.717, 1.165) is 32.3 Å². The van der Waals surface area contributed by atoms with Gasteiger partial charge < -0.3 is 5.32 Å². The van der Waals surface area contributed by atoms with Gasteiger partial charge in [-0.15, -0.1) is 10.2 Å². The fourth-order valence-corrected chi connectivity index (χ4v) is 4.08. The molecule has 0 bridgehead atoms. The van der Waals surface area contributed by atoms with Crippen molar-refractivity contribution in [1.82, 2.24) is 29.8 Å². The van der Waals surface area contributed by atoms with Gasteiger partial charge in [-0.05, 0) is 34.5 Å². The van der Waals surface area contributed by atoms with Crippen molar-refractivity contribution in [2.24, 2.45) is 0 Å². The third-order valence-corrected chi connectivity index (χ3v) is 5.63. The van der Waals surface area contributed by atoms with Crippen molar-refractivity contribution in [3.05, 3.63) is 57.8 Å². The van der Waals surface area contributed by atoms with Crippen LogP contribution in [0.15, 0.2) is 47.2 Å². The van der Waals surface area contributed by atoms with E-state index in [9.17, 15) is 0 Å². The van der Waals surface area contributed by atoms with Crippen molar-refractivity contribution in [2.75, 3.05) is 5.32 Å². The molecule has 138 valence electrons. The van der Waals surface area contributed by atoms with Gasteiger partial charge in [-0.3, -0.25) is 9.36 Å². The molecule has 1 N–H and O–H groups in total. The fraction of sp³-hybridized carbons (Fsp3) is 0.176. The number of aromatic nitrogens is 6. The summed E-state index contributed by atoms with van der Waals surface area (Å²) in [6.07, 6.45) is 3.83.